The zero-order valence-electron chi connectivity index (χ0n) is 17.2. The maximum atomic E-state index is 12.6. The van der Waals surface area contributed by atoms with Gasteiger partial charge >= 0.3 is 5.97 Å². The molecule has 2 aromatic rings. The van der Waals surface area contributed by atoms with E-state index in [1.54, 1.807) is 12.1 Å². The van der Waals surface area contributed by atoms with Crippen molar-refractivity contribution in [2.75, 3.05) is 0 Å². The molecule has 2 saturated heterocycles. The minimum absolute atomic E-state index is 0.357. The van der Waals surface area contributed by atoms with Gasteiger partial charge in [-0.2, -0.15) is 0 Å². The lowest BCUT2D eigenvalue weighted by Crippen LogP contribution is -2.62. The summed E-state index contributed by atoms with van der Waals surface area (Å²) in [4.78, 5) is 12.6. The zero-order chi connectivity index (χ0) is 20.8. The summed E-state index contributed by atoms with van der Waals surface area (Å²) in [5.41, 5.74) is 0.824. The van der Waals surface area contributed by atoms with Gasteiger partial charge in [-0.15, -0.1) is 0 Å². The summed E-state index contributed by atoms with van der Waals surface area (Å²) in [5.74, 6) is -1.10. The van der Waals surface area contributed by atoms with Gasteiger partial charge in [0, 0.05) is 0 Å². The van der Waals surface area contributed by atoms with Gasteiger partial charge in [-0.1, -0.05) is 48.5 Å². The monoisotopic (exact) mass is 410 g/mol. The first kappa shape index (κ1) is 19.7. The number of carbonyl (C=O) groups excluding carboxylic acids is 1. The van der Waals surface area contributed by atoms with E-state index in [1.807, 2.05) is 62.4 Å². The van der Waals surface area contributed by atoms with Crippen LogP contribution in [-0.2, 0) is 30.3 Å². The van der Waals surface area contributed by atoms with Crippen LogP contribution >= 0.6 is 0 Å². The van der Waals surface area contributed by atoms with Crippen LogP contribution in [0.2, 0.25) is 0 Å². The van der Waals surface area contributed by atoms with E-state index in [0.717, 1.165) is 12.0 Å². The molecule has 30 heavy (non-hydrogen) atoms. The number of esters is 1. The summed E-state index contributed by atoms with van der Waals surface area (Å²) < 4.78 is 30.6. The second-order valence-corrected chi connectivity index (χ2v) is 8.56. The molecule has 2 aromatic carbocycles. The summed E-state index contributed by atoms with van der Waals surface area (Å²) in [5, 5.41) is 0. The smallest absolute Gasteiger partial charge is 0.338 e. The molecule has 5 atom stereocenters. The SMILES string of the molecule is CC1(C)OC2O[C@@]3(CC[C@@H]3OC(=O)c3ccccc3)C(OCc3ccccc3)C2O1. The molecule has 3 aliphatic rings. The van der Waals surface area contributed by atoms with E-state index in [0.29, 0.717) is 18.6 Å². The third-order valence-electron chi connectivity index (χ3n) is 6.08. The quantitative estimate of drug-likeness (QED) is 0.698. The van der Waals surface area contributed by atoms with Gasteiger partial charge in [-0.3, -0.25) is 0 Å². The van der Waals surface area contributed by atoms with E-state index in [4.69, 9.17) is 23.7 Å². The van der Waals surface area contributed by atoms with Crippen LogP contribution in [0.15, 0.2) is 60.7 Å². The lowest BCUT2D eigenvalue weighted by Gasteiger charge is -2.48. The van der Waals surface area contributed by atoms with Crippen LogP contribution in [0.25, 0.3) is 0 Å². The molecule has 3 fully saturated rings. The fourth-order valence-corrected chi connectivity index (χ4v) is 4.55. The minimum Gasteiger partial charge on any atom is -0.456 e. The van der Waals surface area contributed by atoms with E-state index in [-0.39, 0.29) is 12.1 Å². The maximum Gasteiger partial charge on any atom is 0.338 e. The molecule has 6 nitrogen and oxygen atoms in total. The van der Waals surface area contributed by atoms with Crippen molar-refractivity contribution in [3.8, 4) is 0 Å². The molecular weight excluding hydrogens is 384 g/mol. The first-order chi connectivity index (χ1) is 14.5. The van der Waals surface area contributed by atoms with E-state index in [1.165, 1.54) is 0 Å². The van der Waals surface area contributed by atoms with E-state index >= 15 is 0 Å². The third kappa shape index (κ3) is 3.44. The summed E-state index contributed by atoms with van der Waals surface area (Å²) >= 11 is 0. The van der Waals surface area contributed by atoms with Crippen LogP contribution in [0.1, 0.15) is 42.6 Å². The molecule has 1 spiro atoms. The maximum absolute atomic E-state index is 12.6. The summed E-state index contributed by atoms with van der Waals surface area (Å²) in [6, 6.07) is 19.0. The van der Waals surface area contributed by atoms with Gasteiger partial charge in [0.25, 0.3) is 0 Å². The van der Waals surface area contributed by atoms with Crippen molar-refractivity contribution >= 4 is 5.97 Å². The van der Waals surface area contributed by atoms with Gasteiger partial charge in [0.2, 0.25) is 0 Å². The highest BCUT2D eigenvalue weighted by atomic mass is 16.8. The van der Waals surface area contributed by atoms with Crippen molar-refractivity contribution in [3.63, 3.8) is 0 Å². The Morgan fingerprint density at radius 2 is 1.70 bits per heavy atom. The fourth-order valence-electron chi connectivity index (χ4n) is 4.55. The van der Waals surface area contributed by atoms with Crippen LogP contribution in [-0.4, -0.2) is 42.0 Å². The highest BCUT2D eigenvalue weighted by Crippen LogP contribution is 2.53. The van der Waals surface area contributed by atoms with E-state index in [2.05, 4.69) is 0 Å². The molecule has 158 valence electrons. The van der Waals surface area contributed by atoms with Crippen molar-refractivity contribution in [2.24, 2.45) is 0 Å². The summed E-state index contributed by atoms with van der Waals surface area (Å²) in [7, 11) is 0. The van der Waals surface area contributed by atoms with Crippen LogP contribution < -0.4 is 0 Å². The molecule has 3 unspecified atom stereocenters. The largest absolute Gasteiger partial charge is 0.456 e. The van der Waals surface area contributed by atoms with E-state index in [9.17, 15) is 4.79 Å². The predicted octanol–water partition coefficient (Wildman–Crippen LogP) is 3.84. The van der Waals surface area contributed by atoms with Gasteiger partial charge in [-0.25, -0.2) is 4.79 Å². The highest BCUT2D eigenvalue weighted by Gasteiger charge is 2.69. The number of hydrogen-bond acceptors (Lipinski definition) is 6. The van der Waals surface area contributed by atoms with Crippen molar-refractivity contribution in [1.82, 2.24) is 0 Å². The lowest BCUT2D eigenvalue weighted by molar-refractivity contribution is -0.287. The number of rotatable bonds is 5. The Hall–Kier alpha value is -2.25. The molecular formula is C24H26O6. The Bertz CT molecular complexity index is 898. The van der Waals surface area contributed by atoms with Gasteiger partial charge in [-0.05, 0) is 44.4 Å². The Morgan fingerprint density at radius 1 is 1.00 bits per heavy atom. The van der Waals surface area contributed by atoms with Crippen molar-refractivity contribution in [2.45, 2.75) is 69.3 Å². The van der Waals surface area contributed by atoms with Crippen LogP contribution in [0.3, 0.4) is 0 Å². The Morgan fingerprint density at radius 3 is 2.37 bits per heavy atom. The molecule has 5 rings (SSSR count). The summed E-state index contributed by atoms with van der Waals surface area (Å²) in [6.07, 6.45) is -0.286. The third-order valence-corrected chi connectivity index (χ3v) is 6.08. The van der Waals surface area contributed by atoms with Crippen LogP contribution in [0.4, 0.5) is 0 Å². The molecule has 2 heterocycles. The average Bonchev–Trinajstić information content (AvgIpc) is 3.21. The van der Waals surface area contributed by atoms with E-state index < -0.39 is 29.9 Å². The van der Waals surface area contributed by atoms with Gasteiger partial charge in [0.1, 0.15) is 23.9 Å². The molecule has 0 aromatic heterocycles. The molecule has 1 saturated carbocycles. The normalized spacial score (nSPS) is 33.8. The minimum atomic E-state index is -0.759. The standard InChI is InChI=1S/C24H26O6/c1-23(2)28-19-20(26-15-16-9-5-3-6-10-16)24(30-22(19)29-23)14-13-18(24)27-21(25)17-11-7-4-8-12-17/h3-12,18-20,22H,13-15H2,1-2H3/t18-,19?,20?,22?,24+/m0/s1. The molecule has 6 heteroatoms. The Kier molecular flexibility index (Phi) is 4.90. The number of fused-ring (bicyclic) bond motifs is 1. The molecule has 2 aliphatic heterocycles. The van der Waals surface area contributed by atoms with Gasteiger partial charge < -0.3 is 23.7 Å². The van der Waals surface area contributed by atoms with Gasteiger partial charge in [0.05, 0.1) is 12.2 Å². The van der Waals surface area contributed by atoms with Crippen LogP contribution in [0.5, 0.6) is 0 Å². The Labute approximate surface area is 176 Å². The number of hydrogen-bond donors (Lipinski definition) is 0. The van der Waals surface area contributed by atoms with Crippen molar-refractivity contribution < 1.29 is 28.5 Å². The predicted molar refractivity (Wildman–Crippen MR) is 108 cm³/mol. The molecule has 0 bridgehead atoms. The zero-order valence-corrected chi connectivity index (χ0v) is 17.2. The summed E-state index contributed by atoms with van der Waals surface area (Å²) in [6.45, 7) is 4.15. The second-order valence-electron chi connectivity index (χ2n) is 8.56. The first-order valence-electron chi connectivity index (χ1n) is 10.4. The second kappa shape index (κ2) is 7.46. The molecule has 0 radical (unpaired) electrons. The van der Waals surface area contributed by atoms with Crippen molar-refractivity contribution in [3.05, 3.63) is 71.8 Å². The Balaban J connectivity index is 1.36. The number of benzene rings is 2. The average molecular weight is 410 g/mol. The van der Waals surface area contributed by atoms with Gasteiger partial charge in [0.15, 0.2) is 12.1 Å². The van der Waals surface area contributed by atoms with Crippen molar-refractivity contribution in [1.29, 1.82) is 0 Å². The topological polar surface area (TPSA) is 63.2 Å². The number of carbonyl (C=O) groups is 1. The molecule has 0 N–H and O–H groups in total. The fraction of sp³-hybridized carbons (Fsp3) is 0.458. The first-order valence-corrected chi connectivity index (χ1v) is 10.4. The molecule has 0 amide bonds. The number of ether oxygens (including phenoxy) is 5. The van der Waals surface area contributed by atoms with Crippen LogP contribution in [0, 0.1) is 0 Å². The highest BCUT2D eigenvalue weighted by molar-refractivity contribution is 5.89. The molecule has 1 aliphatic carbocycles. The lowest BCUT2D eigenvalue weighted by atomic mass is 9.72.